The van der Waals surface area contributed by atoms with Gasteiger partial charge in [-0.15, -0.1) is 0 Å². The van der Waals surface area contributed by atoms with Gasteiger partial charge in [0.2, 0.25) is 10.0 Å². The summed E-state index contributed by atoms with van der Waals surface area (Å²) < 4.78 is 34.6. The van der Waals surface area contributed by atoms with Gasteiger partial charge >= 0.3 is 0 Å². The number of carbonyl (C=O) groups is 1. The summed E-state index contributed by atoms with van der Waals surface area (Å²) in [5, 5.41) is 7.45. The molecule has 1 N–H and O–H groups in total. The average Bonchev–Trinajstić information content (AvgIpc) is 3.49. The van der Waals surface area contributed by atoms with Crippen molar-refractivity contribution in [2.45, 2.75) is 51.6 Å². The van der Waals surface area contributed by atoms with Gasteiger partial charge in [-0.2, -0.15) is 9.40 Å². The molecule has 0 aliphatic carbocycles. The van der Waals surface area contributed by atoms with Crippen molar-refractivity contribution in [3.63, 3.8) is 0 Å². The molecule has 1 amide bonds. The normalized spacial score (nSPS) is 14.7. The van der Waals surface area contributed by atoms with Crippen LogP contribution >= 0.6 is 0 Å². The Hall–Kier alpha value is -2.91. The highest BCUT2D eigenvalue weighted by molar-refractivity contribution is 7.89. The van der Waals surface area contributed by atoms with Crippen LogP contribution in [0.25, 0.3) is 0 Å². The number of amides is 1. The molecule has 32 heavy (non-hydrogen) atoms. The minimum Gasteiger partial charge on any atom is -0.455 e. The highest BCUT2D eigenvalue weighted by Gasteiger charge is 2.31. The summed E-state index contributed by atoms with van der Waals surface area (Å²) in [6.07, 6.45) is 1.69. The Bertz CT molecular complexity index is 1220. The molecule has 9 heteroatoms. The molecular weight excluding hydrogens is 428 g/mol. The Morgan fingerprint density at radius 3 is 2.50 bits per heavy atom. The van der Waals surface area contributed by atoms with Crippen LogP contribution in [-0.2, 0) is 23.1 Å². The molecule has 3 aromatic rings. The molecule has 2 aromatic heterocycles. The standard InChI is InChI=1S/C23H28N4O4S/c1-16-20(17(2)27(25-16)15-19-9-5-4-6-10-19)14-24-23(28)21-13-22(18(3)31-21)32(29,30)26-11-7-8-12-26/h4-6,9-10,13H,7-8,11-12,14-15H2,1-3H3,(H,24,28). The number of carbonyl (C=O) groups excluding carboxylic acids is 1. The highest BCUT2D eigenvalue weighted by Crippen LogP contribution is 2.26. The van der Waals surface area contributed by atoms with Crippen molar-refractivity contribution < 1.29 is 17.6 Å². The number of rotatable bonds is 7. The first-order valence-corrected chi connectivity index (χ1v) is 12.2. The van der Waals surface area contributed by atoms with Gasteiger partial charge in [0.05, 0.1) is 12.2 Å². The summed E-state index contributed by atoms with van der Waals surface area (Å²) >= 11 is 0. The predicted octanol–water partition coefficient (Wildman–Crippen LogP) is 3.16. The van der Waals surface area contributed by atoms with Gasteiger partial charge in [-0.25, -0.2) is 8.42 Å². The number of hydrogen-bond donors (Lipinski definition) is 1. The molecule has 1 aromatic carbocycles. The second-order valence-electron chi connectivity index (χ2n) is 8.12. The second kappa shape index (κ2) is 8.91. The lowest BCUT2D eigenvalue weighted by Gasteiger charge is -2.14. The topological polar surface area (TPSA) is 97.4 Å². The van der Waals surface area contributed by atoms with Gasteiger partial charge in [-0.1, -0.05) is 30.3 Å². The smallest absolute Gasteiger partial charge is 0.287 e. The monoisotopic (exact) mass is 456 g/mol. The summed E-state index contributed by atoms with van der Waals surface area (Å²) in [5.74, 6) is -0.233. The van der Waals surface area contributed by atoms with Gasteiger partial charge in [0.15, 0.2) is 5.76 Å². The lowest BCUT2D eigenvalue weighted by atomic mass is 10.2. The number of aromatic nitrogens is 2. The van der Waals surface area contributed by atoms with E-state index in [4.69, 9.17) is 4.42 Å². The minimum atomic E-state index is -3.64. The van der Waals surface area contributed by atoms with Crippen molar-refractivity contribution in [3.8, 4) is 0 Å². The number of benzene rings is 1. The second-order valence-corrected chi connectivity index (χ2v) is 10.0. The average molecular weight is 457 g/mol. The first-order chi connectivity index (χ1) is 15.3. The molecule has 1 saturated heterocycles. The molecular formula is C23H28N4O4S. The predicted molar refractivity (Wildman–Crippen MR) is 120 cm³/mol. The number of hydrogen-bond acceptors (Lipinski definition) is 5. The summed E-state index contributed by atoms with van der Waals surface area (Å²) in [6.45, 7) is 7.38. The fourth-order valence-corrected chi connectivity index (χ4v) is 5.73. The highest BCUT2D eigenvalue weighted by atomic mass is 32.2. The van der Waals surface area contributed by atoms with Gasteiger partial charge in [0.25, 0.3) is 5.91 Å². The van der Waals surface area contributed by atoms with Gasteiger partial charge in [-0.05, 0) is 39.2 Å². The van der Waals surface area contributed by atoms with Crippen LogP contribution in [0.1, 0.15) is 51.7 Å². The lowest BCUT2D eigenvalue weighted by molar-refractivity contribution is 0.0921. The summed E-state index contributed by atoms with van der Waals surface area (Å²) in [4.78, 5) is 12.8. The van der Waals surface area contributed by atoms with Crippen LogP contribution in [0, 0.1) is 20.8 Å². The first kappa shape index (κ1) is 22.3. The fraction of sp³-hybridized carbons (Fsp3) is 0.391. The van der Waals surface area contributed by atoms with E-state index in [1.807, 2.05) is 48.9 Å². The molecule has 0 bridgehead atoms. The van der Waals surface area contributed by atoms with E-state index in [-0.39, 0.29) is 23.0 Å². The van der Waals surface area contributed by atoms with Crippen molar-refractivity contribution in [2.75, 3.05) is 13.1 Å². The largest absolute Gasteiger partial charge is 0.455 e. The molecule has 1 fully saturated rings. The number of nitrogens with zero attached hydrogens (tertiary/aromatic N) is 3. The third kappa shape index (κ3) is 4.35. The van der Waals surface area contributed by atoms with Crippen LogP contribution in [0.4, 0.5) is 0 Å². The maximum absolute atomic E-state index is 12.8. The summed E-state index contributed by atoms with van der Waals surface area (Å²) in [6, 6.07) is 11.4. The zero-order chi connectivity index (χ0) is 22.9. The van der Waals surface area contributed by atoms with Crippen molar-refractivity contribution in [3.05, 3.63) is 70.4 Å². The van der Waals surface area contributed by atoms with Crippen LogP contribution in [0.5, 0.6) is 0 Å². The third-order valence-electron chi connectivity index (χ3n) is 5.91. The Labute approximate surface area is 188 Å². The SMILES string of the molecule is Cc1nn(Cc2ccccc2)c(C)c1CNC(=O)c1cc(S(=O)(=O)N2CCCC2)c(C)o1. The maximum atomic E-state index is 12.8. The van der Waals surface area contributed by atoms with E-state index in [1.54, 1.807) is 6.92 Å². The van der Waals surface area contributed by atoms with Crippen LogP contribution in [0.15, 0.2) is 45.7 Å². The number of furan rings is 1. The van der Waals surface area contributed by atoms with Gasteiger partial charge in [0.1, 0.15) is 10.7 Å². The molecule has 0 saturated carbocycles. The summed E-state index contributed by atoms with van der Waals surface area (Å²) in [5.41, 5.74) is 3.89. The molecule has 170 valence electrons. The quantitative estimate of drug-likeness (QED) is 0.589. The molecule has 0 unspecified atom stereocenters. The van der Waals surface area contributed by atoms with Crippen molar-refractivity contribution >= 4 is 15.9 Å². The Balaban J connectivity index is 1.47. The van der Waals surface area contributed by atoms with E-state index in [0.29, 0.717) is 19.6 Å². The van der Waals surface area contributed by atoms with Crippen LogP contribution in [0.3, 0.4) is 0 Å². The summed E-state index contributed by atoms with van der Waals surface area (Å²) in [7, 11) is -3.64. The zero-order valence-corrected chi connectivity index (χ0v) is 19.4. The van der Waals surface area contributed by atoms with Crippen LogP contribution < -0.4 is 5.32 Å². The van der Waals surface area contributed by atoms with Crippen LogP contribution in [-0.4, -0.2) is 41.5 Å². The van der Waals surface area contributed by atoms with Crippen molar-refractivity contribution in [2.24, 2.45) is 0 Å². The van der Waals surface area contributed by atoms with Crippen molar-refractivity contribution in [1.29, 1.82) is 0 Å². The number of sulfonamides is 1. The Morgan fingerprint density at radius 1 is 1.12 bits per heavy atom. The molecule has 0 spiro atoms. The fourth-order valence-electron chi connectivity index (χ4n) is 4.06. The number of nitrogens with one attached hydrogen (secondary N) is 1. The van der Waals surface area contributed by atoms with E-state index in [1.165, 1.54) is 10.4 Å². The lowest BCUT2D eigenvalue weighted by Crippen LogP contribution is -2.28. The van der Waals surface area contributed by atoms with Gasteiger partial charge in [-0.3, -0.25) is 9.48 Å². The molecule has 0 radical (unpaired) electrons. The molecule has 1 aliphatic heterocycles. The van der Waals surface area contributed by atoms with Crippen LogP contribution in [0.2, 0.25) is 0 Å². The zero-order valence-electron chi connectivity index (χ0n) is 18.6. The molecule has 0 atom stereocenters. The molecule has 3 heterocycles. The van der Waals surface area contributed by atoms with E-state index < -0.39 is 15.9 Å². The van der Waals surface area contributed by atoms with E-state index in [0.717, 1.165) is 35.4 Å². The van der Waals surface area contributed by atoms with E-state index in [2.05, 4.69) is 10.4 Å². The van der Waals surface area contributed by atoms with E-state index >= 15 is 0 Å². The minimum absolute atomic E-state index is 0.00717. The molecule has 4 rings (SSSR count). The molecule has 1 aliphatic rings. The number of aryl methyl sites for hydroxylation is 2. The maximum Gasteiger partial charge on any atom is 0.287 e. The van der Waals surface area contributed by atoms with Gasteiger partial charge in [0, 0.05) is 37.0 Å². The third-order valence-corrected chi connectivity index (χ3v) is 7.92. The Kier molecular flexibility index (Phi) is 6.21. The first-order valence-electron chi connectivity index (χ1n) is 10.7. The Morgan fingerprint density at radius 2 is 1.81 bits per heavy atom. The molecule has 8 nitrogen and oxygen atoms in total. The van der Waals surface area contributed by atoms with Gasteiger partial charge < -0.3 is 9.73 Å². The van der Waals surface area contributed by atoms with E-state index in [9.17, 15) is 13.2 Å². The van der Waals surface area contributed by atoms with Crippen molar-refractivity contribution in [1.82, 2.24) is 19.4 Å².